The Morgan fingerprint density at radius 1 is 1.44 bits per heavy atom. The van der Waals surface area contributed by atoms with E-state index >= 15 is 0 Å². The second-order valence-corrected chi connectivity index (χ2v) is 4.80. The zero-order valence-electron chi connectivity index (χ0n) is 11.4. The van der Waals surface area contributed by atoms with Gasteiger partial charge in [-0.15, -0.1) is 0 Å². The molecule has 0 aromatic heterocycles. The number of hydrogen-bond donors (Lipinski definition) is 1. The van der Waals surface area contributed by atoms with Gasteiger partial charge in [-0.25, -0.2) is 0 Å². The zero-order valence-corrected chi connectivity index (χ0v) is 11.4. The first-order chi connectivity index (χ1) is 8.60. The third-order valence-corrected chi connectivity index (χ3v) is 3.50. The van der Waals surface area contributed by atoms with Gasteiger partial charge in [0, 0.05) is 39.7 Å². The van der Waals surface area contributed by atoms with Gasteiger partial charge in [-0.1, -0.05) is 0 Å². The highest BCUT2D eigenvalue weighted by Gasteiger charge is 2.29. The molecule has 0 aromatic carbocycles. The van der Waals surface area contributed by atoms with Crippen LogP contribution in [0.2, 0.25) is 0 Å². The summed E-state index contributed by atoms with van der Waals surface area (Å²) in [7, 11) is 0. The minimum absolute atomic E-state index is 0.0471. The summed E-state index contributed by atoms with van der Waals surface area (Å²) < 4.78 is 0. The minimum Gasteiger partial charge on any atom is -0.396 e. The largest absolute Gasteiger partial charge is 0.396 e. The van der Waals surface area contributed by atoms with Crippen LogP contribution >= 0.6 is 0 Å². The summed E-state index contributed by atoms with van der Waals surface area (Å²) in [6.45, 7) is 6.18. The molecule has 1 unspecified atom stereocenters. The number of carbonyl (C=O) groups is 2. The van der Waals surface area contributed by atoms with Gasteiger partial charge in [0.25, 0.3) is 0 Å². The van der Waals surface area contributed by atoms with E-state index in [1.807, 2.05) is 6.92 Å². The van der Waals surface area contributed by atoms with Crippen LogP contribution < -0.4 is 0 Å². The molecule has 1 rings (SSSR count). The molecule has 0 aliphatic carbocycles. The third kappa shape index (κ3) is 3.98. The average molecular weight is 256 g/mol. The maximum Gasteiger partial charge on any atom is 0.227 e. The van der Waals surface area contributed by atoms with Gasteiger partial charge in [0.15, 0.2) is 0 Å². The Morgan fingerprint density at radius 2 is 2.17 bits per heavy atom. The summed E-state index contributed by atoms with van der Waals surface area (Å²) >= 11 is 0. The van der Waals surface area contributed by atoms with Gasteiger partial charge in [-0.2, -0.15) is 0 Å². The maximum absolute atomic E-state index is 12.3. The van der Waals surface area contributed by atoms with E-state index < -0.39 is 0 Å². The minimum atomic E-state index is -0.0682. The molecule has 1 aliphatic heterocycles. The van der Waals surface area contributed by atoms with E-state index in [2.05, 4.69) is 0 Å². The van der Waals surface area contributed by atoms with Gasteiger partial charge < -0.3 is 14.9 Å². The van der Waals surface area contributed by atoms with Crippen molar-refractivity contribution in [3.05, 3.63) is 0 Å². The second-order valence-electron chi connectivity index (χ2n) is 4.80. The molecule has 5 heteroatoms. The highest BCUT2D eigenvalue weighted by atomic mass is 16.3. The van der Waals surface area contributed by atoms with Crippen molar-refractivity contribution in [1.29, 1.82) is 0 Å². The molecule has 0 radical (unpaired) electrons. The average Bonchev–Trinajstić information content (AvgIpc) is 2.39. The molecule has 0 aromatic rings. The first kappa shape index (κ1) is 15.0. The lowest BCUT2D eigenvalue weighted by atomic mass is 9.96. The van der Waals surface area contributed by atoms with Crippen molar-refractivity contribution in [3.63, 3.8) is 0 Å². The monoisotopic (exact) mass is 256 g/mol. The number of nitrogens with zero attached hydrogens (tertiary/aromatic N) is 2. The Hall–Kier alpha value is -1.10. The fraction of sp³-hybridized carbons (Fsp3) is 0.846. The summed E-state index contributed by atoms with van der Waals surface area (Å²) in [6.07, 6.45) is 2.37. The highest BCUT2D eigenvalue weighted by molar-refractivity contribution is 5.80. The first-order valence-electron chi connectivity index (χ1n) is 6.75. The summed E-state index contributed by atoms with van der Waals surface area (Å²) in [5, 5.41) is 8.83. The predicted molar refractivity (Wildman–Crippen MR) is 68.9 cm³/mol. The number of hydrogen-bond acceptors (Lipinski definition) is 3. The maximum atomic E-state index is 12.3. The Balaban J connectivity index is 2.55. The van der Waals surface area contributed by atoms with Gasteiger partial charge in [0.1, 0.15) is 0 Å². The predicted octanol–water partition coefficient (Wildman–Crippen LogP) is 0.476. The van der Waals surface area contributed by atoms with Crippen LogP contribution in [0.15, 0.2) is 0 Å². The summed E-state index contributed by atoms with van der Waals surface area (Å²) in [5.74, 6) is 0.101. The van der Waals surface area contributed by atoms with Gasteiger partial charge in [-0.05, 0) is 26.2 Å². The molecule has 18 heavy (non-hydrogen) atoms. The SMILES string of the molecule is CCN(CCCO)C(=O)C1CCCN(C(C)=O)C1. The number of carbonyl (C=O) groups excluding carboxylic acids is 2. The van der Waals surface area contributed by atoms with Crippen LogP contribution in [0.1, 0.15) is 33.1 Å². The quantitative estimate of drug-likeness (QED) is 0.778. The van der Waals surface area contributed by atoms with Gasteiger partial charge in [0.05, 0.1) is 5.92 Å². The molecule has 2 amide bonds. The van der Waals surface area contributed by atoms with Crippen LogP contribution in [0.25, 0.3) is 0 Å². The molecular formula is C13H24N2O3. The van der Waals surface area contributed by atoms with E-state index in [0.29, 0.717) is 26.1 Å². The van der Waals surface area contributed by atoms with Crippen LogP contribution in [-0.2, 0) is 9.59 Å². The number of likely N-dealkylation sites (tertiary alicyclic amines) is 1. The van der Waals surface area contributed by atoms with Crippen molar-refractivity contribution in [2.24, 2.45) is 5.92 Å². The molecule has 104 valence electrons. The van der Waals surface area contributed by atoms with Gasteiger partial charge >= 0.3 is 0 Å². The summed E-state index contributed by atoms with van der Waals surface area (Å²) in [6, 6.07) is 0. The summed E-state index contributed by atoms with van der Waals surface area (Å²) in [5.41, 5.74) is 0. The molecular weight excluding hydrogens is 232 g/mol. The van der Waals surface area contributed by atoms with Crippen molar-refractivity contribution in [2.45, 2.75) is 33.1 Å². The molecule has 0 saturated carbocycles. The van der Waals surface area contributed by atoms with E-state index in [9.17, 15) is 9.59 Å². The van der Waals surface area contributed by atoms with Crippen LogP contribution in [0.4, 0.5) is 0 Å². The molecule has 5 nitrogen and oxygen atoms in total. The number of amides is 2. The Morgan fingerprint density at radius 3 is 2.72 bits per heavy atom. The van der Waals surface area contributed by atoms with Crippen molar-refractivity contribution in [2.75, 3.05) is 32.8 Å². The van der Waals surface area contributed by atoms with Crippen LogP contribution in [-0.4, -0.2) is 59.5 Å². The smallest absolute Gasteiger partial charge is 0.227 e. The van der Waals surface area contributed by atoms with E-state index in [1.165, 1.54) is 0 Å². The number of aliphatic hydroxyl groups is 1. The Kier molecular flexibility index (Phi) is 6.12. The van der Waals surface area contributed by atoms with Crippen LogP contribution in [0.3, 0.4) is 0 Å². The van der Waals surface area contributed by atoms with Crippen molar-refractivity contribution >= 4 is 11.8 Å². The lowest BCUT2D eigenvalue weighted by Crippen LogP contribution is -2.46. The molecule has 1 N–H and O–H groups in total. The first-order valence-corrected chi connectivity index (χ1v) is 6.75. The third-order valence-electron chi connectivity index (χ3n) is 3.50. The standard InChI is InChI=1S/C13H24N2O3/c1-3-14(8-5-9-16)13(18)12-6-4-7-15(10-12)11(2)17/h12,16H,3-10H2,1-2H3. The number of piperidine rings is 1. The van der Waals surface area contributed by atoms with Gasteiger partial charge in [-0.3, -0.25) is 9.59 Å². The molecule has 0 bridgehead atoms. The lowest BCUT2D eigenvalue weighted by Gasteiger charge is -2.34. The van der Waals surface area contributed by atoms with Crippen LogP contribution in [0.5, 0.6) is 0 Å². The highest BCUT2D eigenvalue weighted by Crippen LogP contribution is 2.19. The lowest BCUT2D eigenvalue weighted by molar-refractivity contribution is -0.140. The van der Waals surface area contributed by atoms with E-state index in [4.69, 9.17) is 5.11 Å². The fourth-order valence-electron chi connectivity index (χ4n) is 2.41. The molecule has 1 heterocycles. The van der Waals surface area contributed by atoms with E-state index in [0.717, 1.165) is 19.4 Å². The molecule has 0 spiro atoms. The molecule has 1 aliphatic rings. The number of rotatable bonds is 5. The normalized spacial score (nSPS) is 19.7. The number of aliphatic hydroxyl groups excluding tert-OH is 1. The fourth-order valence-corrected chi connectivity index (χ4v) is 2.41. The van der Waals surface area contributed by atoms with Gasteiger partial charge in [0.2, 0.25) is 11.8 Å². The Bertz CT molecular complexity index is 294. The second kappa shape index (κ2) is 7.36. The van der Waals surface area contributed by atoms with E-state index in [-0.39, 0.29) is 24.3 Å². The van der Waals surface area contributed by atoms with Crippen LogP contribution in [0, 0.1) is 5.92 Å². The van der Waals surface area contributed by atoms with E-state index in [1.54, 1.807) is 16.7 Å². The zero-order chi connectivity index (χ0) is 13.5. The van der Waals surface area contributed by atoms with Crippen molar-refractivity contribution < 1.29 is 14.7 Å². The topological polar surface area (TPSA) is 60.9 Å². The van der Waals surface area contributed by atoms with Crippen molar-refractivity contribution in [3.8, 4) is 0 Å². The molecule has 1 saturated heterocycles. The molecule has 1 fully saturated rings. The summed E-state index contributed by atoms with van der Waals surface area (Å²) in [4.78, 5) is 27.2. The van der Waals surface area contributed by atoms with Crippen molar-refractivity contribution in [1.82, 2.24) is 9.80 Å². The molecule has 1 atom stereocenters. The Labute approximate surface area is 109 Å².